The molecular weight excluding hydrogens is 290 g/mol. The highest BCUT2D eigenvalue weighted by Gasteiger charge is 2.11. The summed E-state index contributed by atoms with van der Waals surface area (Å²) in [7, 11) is 0. The van der Waals surface area contributed by atoms with E-state index in [-0.39, 0.29) is 11.2 Å². The van der Waals surface area contributed by atoms with Crippen LogP contribution in [0.4, 0.5) is 0 Å². The molecule has 0 saturated carbocycles. The van der Waals surface area contributed by atoms with Crippen LogP contribution in [-0.4, -0.2) is 24.8 Å². The molecule has 0 radical (unpaired) electrons. The minimum atomic E-state index is -0.205. The normalized spacial score (nSPS) is 11.0. The summed E-state index contributed by atoms with van der Waals surface area (Å²) >= 11 is 0. The summed E-state index contributed by atoms with van der Waals surface area (Å²) in [6.45, 7) is 2.02. The van der Waals surface area contributed by atoms with Gasteiger partial charge in [-0.05, 0) is 31.2 Å². The predicted octanol–water partition coefficient (Wildman–Crippen LogP) is 2.27. The maximum absolute atomic E-state index is 12.2. The maximum atomic E-state index is 12.2. The number of hydrogen-bond donors (Lipinski definition) is 0. The molecule has 2 aromatic carbocycles. The van der Waals surface area contributed by atoms with E-state index < -0.39 is 0 Å². The topological polar surface area (TPSA) is 65.6 Å². The third-order valence-corrected chi connectivity index (χ3v) is 3.64. The minimum absolute atomic E-state index is 0.205. The first-order valence-electron chi connectivity index (χ1n) is 7.20. The number of aryl methyl sites for hydroxylation is 1. The number of aromatic nitrogens is 5. The van der Waals surface area contributed by atoms with Gasteiger partial charge >= 0.3 is 0 Å². The summed E-state index contributed by atoms with van der Waals surface area (Å²) in [6, 6.07) is 16.9. The van der Waals surface area contributed by atoms with E-state index in [1.807, 2.05) is 55.5 Å². The van der Waals surface area contributed by atoms with Crippen molar-refractivity contribution in [3.63, 3.8) is 0 Å². The Morgan fingerprint density at radius 2 is 1.74 bits per heavy atom. The molecule has 0 aliphatic rings. The third-order valence-electron chi connectivity index (χ3n) is 3.64. The van der Waals surface area contributed by atoms with Gasteiger partial charge < -0.3 is 0 Å². The Morgan fingerprint density at radius 1 is 0.957 bits per heavy atom. The van der Waals surface area contributed by atoms with Crippen LogP contribution in [-0.2, 0) is 0 Å². The van der Waals surface area contributed by atoms with Gasteiger partial charge in [-0.3, -0.25) is 4.79 Å². The van der Waals surface area contributed by atoms with E-state index in [1.165, 1.54) is 10.7 Å². The fraction of sp³-hybridized carbons (Fsp3) is 0.0588. The van der Waals surface area contributed by atoms with Crippen molar-refractivity contribution in [3.8, 4) is 11.5 Å². The number of fused-ring (bicyclic) bond motifs is 1. The predicted molar refractivity (Wildman–Crippen MR) is 87.0 cm³/mol. The molecule has 2 aromatic heterocycles. The molecule has 0 spiro atoms. The van der Waals surface area contributed by atoms with Crippen LogP contribution < -0.4 is 5.43 Å². The van der Waals surface area contributed by atoms with Crippen LogP contribution in [0.2, 0.25) is 0 Å². The zero-order valence-corrected chi connectivity index (χ0v) is 12.4. The molecule has 112 valence electrons. The quantitative estimate of drug-likeness (QED) is 0.570. The highest BCUT2D eigenvalue weighted by atomic mass is 16.1. The van der Waals surface area contributed by atoms with Gasteiger partial charge in [-0.2, -0.15) is 4.68 Å². The van der Waals surface area contributed by atoms with Crippen LogP contribution in [0.15, 0.2) is 65.6 Å². The van der Waals surface area contributed by atoms with E-state index in [0.29, 0.717) is 0 Å². The van der Waals surface area contributed by atoms with Gasteiger partial charge in [0.05, 0.1) is 11.2 Å². The van der Waals surface area contributed by atoms with Gasteiger partial charge in [0, 0.05) is 12.3 Å². The fourth-order valence-corrected chi connectivity index (χ4v) is 2.41. The van der Waals surface area contributed by atoms with Crippen molar-refractivity contribution in [2.45, 2.75) is 6.92 Å². The third kappa shape index (κ3) is 2.30. The van der Waals surface area contributed by atoms with Crippen LogP contribution in [0.1, 0.15) is 5.56 Å². The Labute approximate surface area is 131 Å². The highest BCUT2D eigenvalue weighted by Crippen LogP contribution is 2.13. The first-order valence-corrected chi connectivity index (χ1v) is 7.20. The van der Waals surface area contributed by atoms with Gasteiger partial charge in [-0.15, -0.1) is 10.2 Å². The molecule has 23 heavy (non-hydrogen) atoms. The van der Waals surface area contributed by atoms with Crippen molar-refractivity contribution in [2.24, 2.45) is 0 Å². The Morgan fingerprint density at radius 3 is 2.57 bits per heavy atom. The molecule has 0 unspecified atom stereocenters. The van der Waals surface area contributed by atoms with Crippen LogP contribution in [0.25, 0.3) is 22.5 Å². The number of benzene rings is 2. The lowest BCUT2D eigenvalue weighted by molar-refractivity contribution is 0.734. The Bertz CT molecular complexity index is 1050. The second-order valence-electron chi connectivity index (χ2n) is 5.27. The first-order chi connectivity index (χ1) is 11.2. The number of nitrogens with zero attached hydrogens (tertiary/aromatic N) is 5. The number of hydrogen-bond acceptors (Lipinski definition) is 4. The zero-order valence-electron chi connectivity index (χ0n) is 12.4. The number of para-hydroxylation sites is 1. The molecule has 4 aromatic rings. The average Bonchev–Trinajstić information content (AvgIpc) is 3.00. The molecule has 0 atom stereocenters. The molecule has 0 saturated heterocycles. The van der Waals surface area contributed by atoms with E-state index in [0.717, 1.165) is 22.3 Å². The van der Waals surface area contributed by atoms with Crippen molar-refractivity contribution < 1.29 is 0 Å². The van der Waals surface area contributed by atoms with Crippen LogP contribution >= 0.6 is 0 Å². The maximum Gasteiger partial charge on any atom is 0.226 e. The van der Waals surface area contributed by atoms with E-state index >= 15 is 0 Å². The van der Waals surface area contributed by atoms with E-state index in [4.69, 9.17) is 0 Å². The van der Waals surface area contributed by atoms with Crippen LogP contribution in [0.3, 0.4) is 0 Å². The molecule has 4 rings (SSSR count). The fourth-order valence-electron chi connectivity index (χ4n) is 2.41. The van der Waals surface area contributed by atoms with E-state index in [1.54, 1.807) is 10.9 Å². The van der Waals surface area contributed by atoms with Crippen molar-refractivity contribution in [1.29, 1.82) is 0 Å². The summed E-state index contributed by atoms with van der Waals surface area (Å²) in [4.78, 5) is 12.2. The van der Waals surface area contributed by atoms with Gasteiger partial charge in [-0.25, -0.2) is 4.68 Å². The summed E-state index contributed by atoms with van der Waals surface area (Å²) < 4.78 is 3.13. The summed E-state index contributed by atoms with van der Waals surface area (Å²) in [5.41, 5.74) is 3.31. The summed E-state index contributed by atoms with van der Waals surface area (Å²) in [5, 5.41) is 12.6. The lowest BCUT2D eigenvalue weighted by Crippen LogP contribution is -2.18. The van der Waals surface area contributed by atoms with Gasteiger partial charge in [0.1, 0.15) is 5.52 Å². The SMILES string of the molecule is Cc1ccc(-n2ccc(=O)c(-n3nnc4ccccc43)n2)cc1. The molecule has 6 nitrogen and oxygen atoms in total. The molecule has 0 amide bonds. The average molecular weight is 303 g/mol. The van der Waals surface area contributed by atoms with Gasteiger partial charge in [0.2, 0.25) is 11.2 Å². The number of rotatable bonds is 2. The molecule has 0 bridgehead atoms. The van der Waals surface area contributed by atoms with Crippen molar-refractivity contribution in [3.05, 3.63) is 76.6 Å². The Hall–Kier alpha value is -3.28. The smallest absolute Gasteiger partial charge is 0.226 e. The van der Waals surface area contributed by atoms with Gasteiger partial charge in [0.25, 0.3) is 0 Å². The lowest BCUT2D eigenvalue weighted by Gasteiger charge is -2.07. The molecule has 0 aliphatic heterocycles. The van der Waals surface area contributed by atoms with E-state index in [2.05, 4.69) is 15.4 Å². The Kier molecular flexibility index (Phi) is 3.01. The van der Waals surface area contributed by atoms with Gasteiger partial charge in [-0.1, -0.05) is 35.0 Å². The van der Waals surface area contributed by atoms with Crippen LogP contribution in [0, 0.1) is 6.92 Å². The highest BCUT2D eigenvalue weighted by molar-refractivity contribution is 5.75. The standard InChI is InChI=1S/C17H13N5O/c1-12-6-8-13(9-7-12)21-11-10-16(23)17(19-21)22-15-5-3-2-4-14(15)18-20-22/h2-11H,1H3. The summed E-state index contributed by atoms with van der Waals surface area (Å²) in [6.07, 6.45) is 1.65. The monoisotopic (exact) mass is 303 g/mol. The molecular formula is C17H13N5O. The zero-order chi connectivity index (χ0) is 15.8. The van der Waals surface area contributed by atoms with Crippen molar-refractivity contribution in [1.82, 2.24) is 24.8 Å². The molecule has 0 aliphatic carbocycles. The van der Waals surface area contributed by atoms with Crippen molar-refractivity contribution >= 4 is 11.0 Å². The molecule has 0 fully saturated rings. The Balaban J connectivity index is 1.90. The molecule has 0 N–H and O–H groups in total. The van der Waals surface area contributed by atoms with Crippen LogP contribution in [0.5, 0.6) is 0 Å². The van der Waals surface area contributed by atoms with E-state index in [9.17, 15) is 4.79 Å². The largest absolute Gasteiger partial charge is 0.286 e. The second-order valence-corrected chi connectivity index (χ2v) is 5.27. The molecule has 2 heterocycles. The van der Waals surface area contributed by atoms with Gasteiger partial charge in [0.15, 0.2) is 0 Å². The second kappa shape index (κ2) is 5.17. The minimum Gasteiger partial charge on any atom is -0.286 e. The van der Waals surface area contributed by atoms with Crippen molar-refractivity contribution in [2.75, 3.05) is 0 Å². The molecule has 6 heteroatoms. The lowest BCUT2D eigenvalue weighted by atomic mass is 10.2. The first kappa shape index (κ1) is 13.4. The summed E-state index contributed by atoms with van der Waals surface area (Å²) in [5.74, 6) is 0.224.